The molecule has 1 aromatic heterocycles. The molecule has 0 amide bonds. The number of furan rings is 1. The summed E-state index contributed by atoms with van der Waals surface area (Å²) in [7, 11) is 0. The van der Waals surface area contributed by atoms with Gasteiger partial charge in [0.1, 0.15) is 5.58 Å². The minimum Gasteiger partial charge on any atom is -0.464 e. The van der Waals surface area contributed by atoms with Crippen molar-refractivity contribution in [3.63, 3.8) is 0 Å². The van der Waals surface area contributed by atoms with Crippen molar-refractivity contribution in [3.8, 4) is 0 Å². The molecule has 0 saturated heterocycles. The Kier molecular flexibility index (Phi) is 2.08. The van der Waals surface area contributed by atoms with Crippen molar-refractivity contribution in [2.45, 2.75) is 13.8 Å². The van der Waals surface area contributed by atoms with Crippen LogP contribution in [0.4, 0.5) is 0 Å². The third-order valence-corrected chi connectivity index (χ3v) is 2.54. The Balaban J connectivity index is 2.94. The average Bonchev–Trinajstić information content (AvgIpc) is 2.47. The molecule has 2 rings (SSSR count). The summed E-state index contributed by atoms with van der Waals surface area (Å²) in [5.41, 5.74) is 2.19. The highest BCUT2D eigenvalue weighted by Gasteiger charge is 2.14. The number of halogens is 1. The van der Waals surface area contributed by atoms with E-state index in [2.05, 4.69) is 0 Å². The molecule has 0 aliphatic carbocycles. The van der Waals surface area contributed by atoms with Gasteiger partial charge in [0, 0.05) is 10.9 Å². The van der Waals surface area contributed by atoms with E-state index in [1.165, 1.54) is 6.92 Å². The molecule has 0 aliphatic heterocycles. The second-order valence-electron chi connectivity index (χ2n) is 3.27. The number of carbonyl (C=O) groups is 1. The number of aryl methyl sites for hydroxylation is 1. The first-order valence-electron chi connectivity index (χ1n) is 4.28. The van der Waals surface area contributed by atoms with Crippen molar-refractivity contribution in [1.82, 2.24) is 0 Å². The number of fused-ring (bicyclic) bond motifs is 1. The van der Waals surface area contributed by atoms with E-state index in [-0.39, 0.29) is 5.78 Å². The van der Waals surface area contributed by atoms with Crippen LogP contribution in [0, 0.1) is 6.92 Å². The molecule has 72 valence electrons. The standard InChI is InChI=1S/C11H9ClO2/c1-6-5-14-9-4-3-8(12)11(7(2)13)10(6)9/h3-5H,1-2H3. The first-order chi connectivity index (χ1) is 6.61. The van der Waals surface area contributed by atoms with Gasteiger partial charge in [0.25, 0.3) is 0 Å². The molecule has 1 heterocycles. The summed E-state index contributed by atoms with van der Waals surface area (Å²) in [6.07, 6.45) is 1.63. The van der Waals surface area contributed by atoms with Gasteiger partial charge in [-0.1, -0.05) is 11.6 Å². The quantitative estimate of drug-likeness (QED) is 0.671. The molecule has 0 bridgehead atoms. The molecule has 14 heavy (non-hydrogen) atoms. The van der Waals surface area contributed by atoms with Gasteiger partial charge in [-0.05, 0) is 31.5 Å². The molecule has 0 N–H and O–H groups in total. The molecule has 0 aliphatic rings. The maximum absolute atomic E-state index is 11.4. The Bertz CT molecular complexity index is 511. The van der Waals surface area contributed by atoms with E-state index in [1.54, 1.807) is 18.4 Å². The maximum Gasteiger partial charge on any atom is 0.162 e. The van der Waals surface area contributed by atoms with Crippen LogP contribution in [0.1, 0.15) is 22.8 Å². The Morgan fingerprint density at radius 2 is 2.14 bits per heavy atom. The lowest BCUT2D eigenvalue weighted by Gasteiger charge is -2.01. The zero-order valence-corrected chi connectivity index (χ0v) is 8.68. The lowest BCUT2D eigenvalue weighted by Crippen LogP contribution is -1.94. The number of hydrogen-bond donors (Lipinski definition) is 0. The summed E-state index contributed by atoms with van der Waals surface area (Å²) in [4.78, 5) is 11.4. The second kappa shape index (κ2) is 3.14. The van der Waals surface area contributed by atoms with Crippen molar-refractivity contribution >= 4 is 28.4 Å². The largest absolute Gasteiger partial charge is 0.464 e. The molecule has 0 saturated carbocycles. The van der Waals surface area contributed by atoms with Crippen molar-refractivity contribution in [2.24, 2.45) is 0 Å². The number of hydrogen-bond acceptors (Lipinski definition) is 2. The highest BCUT2D eigenvalue weighted by atomic mass is 35.5. The molecule has 1 aromatic carbocycles. The monoisotopic (exact) mass is 208 g/mol. The third-order valence-electron chi connectivity index (χ3n) is 2.23. The summed E-state index contributed by atoms with van der Waals surface area (Å²) in [5.74, 6) is -0.0369. The van der Waals surface area contributed by atoms with Gasteiger partial charge in [-0.15, -0.1) is 0 Å². The minimum absolute atomic E-state index is 0.0369. The zero-order chi connectivity index (χ0) is 10.3. The first-order valence-corrected chi connectivity index (χ1v) is 4.66. The summed E-state index contributed by atoms with van der Waals surface area (Å²) in [5, 5.41) is 1.31. The van der Waals surface area contributed by atoms with Crippen LogP contribution in [-0.2, 0) is 0 Å². The van der Waals surface area contributed by atoms with Gasteiger partial charge in [0.05, 0.1) is 11.3 Å². The van der Waals surface area contributed by atoms with Crippen LogP contribution in [0.5, 0.6) is 0 Å². The Morgan fingerprint density at radius 1 is 1.43 bits per heavy atom. The predicted molar refractivity (Wildman–Crippen MR) is 56.0 cm³/mol. The fourth-order valence-electron chi connectivity index (χ4n) is 1.60. The molecule has 3 heteroatoms. The van der Waals surface area contributed by atoms with Gasteiger partial charge >= 0.3 is 0 Å². The second-order valence-corrected chi connectivity index (χ2v) is 3.68. The van der Waals surface area contributed by atoms with Gasteiger partial charge in [-0.25, -0.2) is 0 Å². The fraction of sp³-hybridized carbons (Fsp3) is 0.182. The fourth-order valence-corrected chi connectivity index (χ4v) is 1.89. The summed E-state index contributed by atoms with van der Waals surface area (Å²) in [6.45, 7) is 3.40. The smallest absolute Gasteiger partial charge is 0.162 e. The summed E-state index contributed by atoms with van der Waals surface area (Å²) in [6, 6.07) is 3.46. The molecular formula is C11H9ClO2. The molecule has 2 nitrogen and oxygen atoms in total. The Hall–Kier alpha value is -1.28. The molecule has 0 atom stereocenters. The van der Waals surface area contributed by atoms with E-state index < -0.39 is 0 Å². The van der Waals surface area contributed by atoms with E-state index in [0.29, 0.717) is 16.2 Å². The number of carbonyl (C=O) groups excluding carboxylic acids is 1. The van der Waals surface area contributed by atoms with Gasteiger partial charge < -0.3 is 4.42 Å². The van der Waals surface area contributed by atoms with E-state index in [0.717, 1.165) is 10.9 Å². The SMILES string of the molecule is CC(=O)c1c(Cl)ccc2occ(C)c12. The highest BCUT2D eigenvalue weighted by molar-refractivity contribution is 6.35. The van der Waals surface area contributed by atoms with Gasteiger partial charge in [0.15, 0.2) is 5.78 Å². The summed E-state index contributed by atoms with van der Waals surface area (Å²) >= 11 is 5.96. The van der Waals surface area contributed by atoms with E-state index in [4.69, 9.17) is 16.0 Å². The van der Waals surface area contributed by atoms with Crippen LogP contribution in [0.25, 0.3) is 11.0 Å². The van der Waals surface area contributed by atoms with Crippen LogP contribution in [0.15, 0.2) is 22.8 Å². The van der Waals surface area contributed by atoms with Crippen molar-refractivity contribution < 1.29 is 9.21 Å². The number of Topliss-reactive ketones (excluding diaryl/α,β-unsaturated/α-hetero) is 1. The number of benzene rings is 1. The number of ketones is 1. The Morgan fingerprint density at radius 3 is 2.79 bits per heavy atom. The van der Waals surface area contributed by atoms with Gasteiger partial charge in [-0.3, -0.25) is 4.79 Å². The zero-order valence-electron chi connectivity index (χ0n) is 7.93. The molecule has 0 unspecified atom stereocenters. The lowest BCUT2D eigenvalue weighted by atomic mass is 10.0. The molecule has 0 spiro atoms. The van der Waals surface area contributed by atoms with Crippen LogP contribution in [0.2, 0.25) is 5.02 Å². The maximum atomic E-state index is 11.4. The third kappa shape index (κ3) is 1.23. The van der Waals surface area contributed by atoms with Crippen molar-refractivity contribution in [3.05, 3.63) is 34.5 Å². The van der Waals surface area contributed by atoms with Crippen LogP contribution >= 0.6 is 11.6 Å². The molecular weight excluding hydrogens is 200 g/mol. The predicted octanol–water partition coefficient (Wildman–Crippen LogP) is 3.60. The molecule has 0 fully saturated rings. The Labute approximate surface area is 86.5 Å². The highest BCUT2D eigenvalue weighted by Crippen LogP contribution is 2.30. The number of rotatable bonds is 1. The first kappa shape index (κ1) is 9.28. The van der Waals surface area contributed by atoms with E-state index in [9.17, 15) is 4.79 Å². The van der Waals surface area contributed by atoms with Crippen LogP contribution in [0.3, 0.4) is 0 Å². The summed E-state index contributed by atoms with van der Waals surface area (Å²) < 4.78 is 5.28. The normalized spacial score (nSPS) is 10.8. The van der Waals surface area contributed by atoms with E-state index in [1.807, 2.05) is 6.92 Å². The van der Waals surface area contributed by atoms with Gasteiger partial charge in [-0.2, -0.15) is 0 Å². The van der Waals surface area contributed by atoms with Crippen molar-refractivity contribution in [1.29, 1.82) is 0 Å². The van der Waals surface area contributed by atoms with Crippen LogP contribution < -0.4 is 0 Å². The van der Waals surface area contributed by atoms with Crippen molar-refractivity contribution in [2.75, 3.05) is 0 Å². The molecule has 2 aromatic rings. The average molecular weight is 209 g/mol. The topological polar surface area (TPSA) is 30.2 Å². The van der Waals surface area contributed by atoms with Gasteiger partial charge in [0.2, 0.25) is 0 Å². The molecule has 0 radical (unpaired) electrons. The lowest BCUT2D eigenvalue weighted by molar-refractivity contribution is 0.101. The minimum atomic E-state index is -0.0369. The van der Waals surface area contributed by atoms with E-state index >= 15 is 0 Å². The van der Waals surface area contributed by atoms with Crippen LogP contribution in [-0.4, -0.2) is 5.78 Å².